The number of hydrogen-bond acceptors (Lipinski definition) is 2. The summed E-state index contributed by atoms with van der Waals surface area (Å²) in [7, 11) is 0. The van der Waals surface area contributed by atoms with E-state index in [1.54, 1.807) is 0 Å². The molecule has 3 aliphatic rings. The van der Waals surface area contributed by atoms with Crippen molar-refractivity contribution < 1.29 is 0 Å². The van der Waals surface area contributed by atoms with Crippen LogP contribution in [0, 0.1) is 17.3 Å². The molecule has 1 N–H and O–H groups in total. The molecule has 3 heterocycles. The molecule has 16 heavy (non-hydrogen) atoms. The van der Waals surface area contributed by atoms with Gasteiger partial charge in [-0.15, -0.1) is 0 Å². The van der Waals surface area contributed by atoms with E-state index in [0.717, 1.165) is 17.9 Å². The van der Waals surface area contributed by atoms with Crippen LogP contribution in [0.25, 0.3) is 0 Å². The summed E-state index contributed by atoms with van der Waals surface area (Å²) in [4.78, 5) is 2.63. The summed E-state index contributed by atoms with van der Waals surface area (Å²) in [6, 6.07) is 0.764. The van der Waals surface area contributed by atoms with E-state index in [1.807, 2.05) is 0 Å². The van der Waals surface area contributed by atoms with Crippen LogP contribution >= 0.6 is 0 Å². The predicted molar refractivity (Wildman–Crippen MR) is 69.6 cm³/mol. The van der Waals surface area contributed by atoms with E-state index >= 15 is 0 Å². The number of nitrogens with zero attached hydrogens (tertiary/aromatic N) is 1. The molecule has 3 rings (SSSR count). The minimum atomic E-state index is 0.423. The van der Waals surface area contributed by atoms with E-state index in [-0.39, 0.29) is 0 Å². The Morgan fingerprint density at radius 1 is 1.25 bits per heavy atom. The third-order valence-electron chi connectivity index (χ3n) is 5.04. The lowest BCUT2D eigenvalue weighted by atomic mass is 9.79. The van der Waals surface area contributed by atoms with Crippen molar-refractivity contribution in [3.8, 4) is 0 Å². The Hall–Kier alpha value is -0.0800. The molecule has 0 aromatic carbocycles. The van der Waals surface area contributed by atoms with Crippen LogP contribution in [0.15, 0.2) is 0 Å². The molecule has 0 aliphatic carbocycles. The summed E-state index contributed by atoms with van der Waals surface area (Å²) in [6.07, 6.45) is 2.83. The SMILES string of the molecule is CC(C)C(C)(C)CNC1CN2CCC1CC2. The lowest BCUT2D eigenvalue weighted by Gasteiger charge is -2.46. The van der Waals surface area contributed by atoms with Gasteiger partial charge in [-0.2, -0.15) is 0 Å². The Morgan fingerprint density at radius 3 is 2.31 bits per heavy atom. The van der Waals surface area contributed by atoms with Crippen molar-refractivity contribution in [3.63, 3.8) is 0 Å². The van der Waals surface area contributed by atoms with E-state index in [2.05, 4.69) is 37.9 Å². The van der Waals surface area contributed by atoms with Gasteiger partial charge in [-0.1, -0.05) is 27.7 Å². The largest absolute Gasteiger partial charge is 0.312 e. The third kappa shape index (κ3) is 2.60. The molecule has 94 valence electrons. The maximum absolute atomic E-state index is 3.83. The highest BCUT2D eigenvalue weighted by Gasteiger charge is 2.34. The Morgan fingerprint density at radius 2 is 1.88 bits per heavy atom. The van der Waals surface area contributed by atoms with Crippen molar-refractivity contribution in [1.82, 2.24) is 10.2 Å². The smallest absolute Gasteiger partial charge is 0.0224 e. The van der Waals surface area contributed by atoms with Crippen molar-refractivity contribution >= 4 is 0 Å². The zero-order valence-electron chi connectivity index (χ0n) is 11.4. The monoisotopic (exact) mass is 224 g/mol. The Balaban J connectivity index is 1.82. The van der Waals surface area contributed by atoms with Crippen molar-refractivity contribution in [2.24, 2.45) is 17.3 Å². The molecule has 2 heteroatoms. The molecule has 1 atom stereocenters. The van der Waals surface area contributed by atoms with Gasteiger partial charge in [0.25, 0.3) is 0 Å². The standard InChI is InChI=1S/C14H28N2/c1-11(2)14(3,4)10-15-13-9-16-7-5-12(13)6-8-16/h11-13,15H,5-10H2,1-4H3. The van der Waals surface area contributed by atoms with Crippen LogP contribution in [0.5, 0.6) is 0 Å². The Kier molecular flexibility index (Phi) is 3.60. The molecule has 3 fully saturated rings. The van der Waals surface area contributed by atoms with Crippen LogP contribution in [0.2, 0.25) is 0 Å². The molecule has 3 saturated heterocycles. The summed E-state index contributed by atoms with van der Waals surface area (Å²) in [5, 5.41) is 3.83. The highest BCUT2D eigenvalue weighted by atomic mass is 15.2. The first-order valence-electron chi connectivity index (χ1n) is 6.95. The number of rotatable bonds is 4. The van der Waals surface area contributed by atoms with E-state index in [4.69, 9.17) is 0 Å². The summed E-state index contributed by atoms with van der Waals surface area (Å²) < 4.78 is 0. The quantitative estimate of drug-likeness (QED) is 0.788. The maximum atomic E-state index is 3.83. The van der Waals surface area contributed by atoms with Crippen molar-refractivity contribution in [2.75, 3.05) is 26.2 Å². The fourth-order valence-electron chi connectivity index (χ4n) is 2.79. The zero-order valence-corrected chi connectivity index (χ0v) is 11.4. The van der Waals surface area contributed by atoms with Crippen LogP contribution < -0.4 is 5.32 Å². The fourth-order valence-corrected chi connectivity index (χ4v) is 2.79. The lowest BCUT2D eigenvalue weighted by molar-refractivity contribution is 0.0645. The molecule has 0 aromatic rings. The topological polar surface area (TPSA) is 15.3 Å². The summed E-state index contributed by atoms with van der Waals surface area (Å²) in [5.41, 5.74) is 0.423. The van der Waals surface area contributed by atoms with E-state index in [9.17, 15) is 0 Å². The highest BCUT2D eigenvalue weighted by Crippen LogP contribution is 2.29. The number of nitrogens with one attached hydrogen (secondary N) is 1. The van der Waals surface area contributed by atoms with Gasteiger partial charge in [0.1, 0.15) is 0 Å². The van der Waals surface area contributed by atoms with E-state index in [1.165, 1.54) is 39.0 Å². The molecule has 0 radical (unpaired) electrons. The fraction of sp³-hybridized carbons (Fsp3) is 1.00. The van der Waals surface area contributed by atoms with Crippen molar-refractivity contribution in [1.29, 1.82) is 0 Å². The summed E-state index contributed by atoms with van der Waals surface area (Å²) in [5.74, 6) is 1.70. The minimum absolute atomic E-state index is 0.423. The first kappa shape index (κ1) is 12.4. The summed E-state index contributed by atoms with van der Waals surface area (Å²) >= 11 is 0. The van der Waals surface area contributed by atoms with Gasteiger partial charge in [0, 0.05) is 19.1 Å². The van der Waals surface area contributed by atoms with Gasteiger partial charge in [-0.25, -0.2) is 0 Å². The van der Waals surface area contributed by atoms with Crippen molar-refractivity contribution in [3.05, 3.63) is 0 Å². The molecule has 1 unspecified atom stereocenters. The second-order valence-electron chi connectivity index (χ2n) is 6.77. The molecule has 2 nitrogen and oxygen atoms in total. The first-order valence-corrected chi connectivity index (χ1v) is 6.95. The van der Waals surface area contributed by atoms with Gasteiger partial charge in [0.15, 0.2) is 0 Å². The normalized spacial score (nSPS) is 34.7. The van der Waals surface area contributed by atoms with Gasteiger partial charge in [-0.3, -0.25) is 0 Å². The second-order valence-corrected chi connectivity index (χ2v) is 6.77. The van der Waals surface area contributed by atoms with Crippen LogP contribution in [0.4, 0.5) is 0 Å². The predicted octanol–water partition coefficient (Wildman–Crippen LogP) is 2.35. The molecular weight excluding hydrogens is 196 g/mol. The number of hydrogen-bond donors (Lipinski definition) is 1. The van der Waals surface area contributed by atoms with Gasteiger partial charge < -0.3 is 10.2 Å². The number of piperidine rings is 3. The van der Waals surface area contributed by atoms with Crippen LogP contribution in [0.3, 0.4) is 0 Å². The molecular formula is C14H28N2. The van der Waals surface area contributed by atoms with Gasteiger partial charge in [0.2, 0.25) is 0 Å². The minimum Gasteiger partial charge on any atom is -0.312 e. The van der Waals surface area contributed by atoms with Gasteiger partial charge in [-0.05, 0) is 43.2 Å². The first-order chi connectivity index (χ1) is 7.49. The van der Waals surface area contributed by atoms with E-state index < -0.39 is 0 Å². The molecule has 0 amide bonds. The van der Waals surface area contributed by atoms with Crippen LogP contribution in [-0.4, -0.2) is 37.1 Å². The number of fused-ring (bicyclic) bond motifs is 3. The van der Waals surface area contributed by atoms with Crippen LogP contribution in [-0.2, 0) is 0 Å². The third-order valence-corrected chi connectivity index (χ3v) is 5.04. The second kappa shape index (κ2) is 4.66. The zero-order chi connectivity index (χ0) is 11.8. The molecule has 3 aliphatic heterocycles. The van der Waals surface area contributed by atoms with Gasteiger partial charge in [0.05, 0.1) is 0 Å². The molecule has 0 spiro atoms. The average Bonchev–Trinajstić information content (AvgIpc) is 2.28. The summed E-state index contributed by atoms with van der Waals surface area (Å²) in [6.45, 7) is 14.6. The molecule has 0 aromatic heterocycles. The lowest BCUT2D eigenvalue weighted by Crippen LogP contribution is -2.57. The average molecular weight is 224 g/mol. The van der Waals surface area contributed by atoms with Gasteiger partial charge >= 0.3 is 0 Å². The van der Waals surface area contributed by atoms with E-state index in [0.29, 0.717) is 5.41 Å². The Labute approximate surface area is 101 Å². The van der Waals surface area contributed by atoms with Crippen molar-refractivity contribution in [2.45, 2.75) is 46.6 Å². The maximum Gasteiger partial charge on any atom is 0.0224 e. The molecule has 2 bridgehead atoms. The van der Waals surface area contributed by atoms with Crippen LogP contribution in [0.1, 0.15) is 40.5 Å². The highest BCUT2D eigenvalue weighted by molar-refractivity contribution is 4.92. The Bertz CT molecular complexity index is 227. The molecule has 0 saturated carbocycles.